The maximum atomic E-state index is 11.3. The largest absolute Gasteiger partial charge is 0.481 e. The third-order valence-corrected chi connectivity index (χ3v) is 3.51. The van der Waals surface area contributed by atoms with Gasteiger partial charge in [0, 0.05) is 13.0 Å². The van der Waals surface area contributed by atoms with Crippen LogP contribution in [0.2, 0.25) is 0 Å². The maximum Gasteiger partial charge on any atom is 0.356 e. The highest BCUT2D eigenvalue weighted by atomic mass is 16.4. The number of carboxylic acid groups (broad SMARTS) is 2. The molecule has 104 valence electrons. The van der Waals surface area contributed by atoms with Crippen molar-refractivity contribution in [3.05, 3.63) is 29.8 Å². The van der Waals surface area contributed by atoms with Crippen LogP contribution in [0.4, 0.5) is 0 Å². The molecule has 7 nitrogen and oxygen atoms in total. The fourth-order valence-corrected chi connectivity index (χ4v) is 2.53. The number of imidazole rings is 1. The summed E-state index contributed by atoms with van der Waals surface area (Å²) in [5, 5.41) is 18.3. The van der Waals surface area contributed by atoms with Gasteiger partial charge in [0.25, 0.3) is 0 Å². The molecule has 1 aliphatic heterocycles. The number of aromatic nitrogens is 2. The fourth-order valence-electron chi connectivity index (χ4n) is 2.53. The first-order valence-electron chi connectivity index (χ1n) is 6.17. The van der Waals surface area contributed by atoms with Crippen molar-refractivity contribution in [1.82, 2.24) is 9.55 Å². The van der Waals surface area contributed by atoms with E-state index < -0.39 is 17.9 Å². The van der Waals surface area contributed by atoms with Crippen molar-refractivity contribution in [1.29, 1.82) is 0 Å². The Morgan fingerprint density at radius 1 is 1.40 bits per heavy atom. The number of furan rings is 1. The van der Waals surface area contributed by atoms with Crippen LogP contribution in [-0.4, -0.2) is 31.7 Å². The molecule has 0 saturated carbocycles. The van der Waals surface area contributed by atoms with Crippen LogP contribution in [0.15, 0.2) is 22.8 Å². The summed E-state index contributed by atoms with van der Waals surface area (Å²) in [5.74, 6) is -1.72. The summed E-state index contributed by atoms with van der Waals surface area (Å²) in [6, 6.07) is 3.39. The number of fused-ring (bicyclic) bond motifs is 1. The van der Waals surface area contributed by atoms with Gasteiger partial charge < -0.3 is 19.2 Å². The molecular weight excluding hydrogens is 264 g/mol. The third-order valence-electron chi connectivity index (χ3n) is 3.51. The van der Waals surface area contributed by atoms with E-state index in [9.17, 15) is 14.7 Å². The molecule has 0 amide bonds. The summed E-state index contributed by atoms with van der Waals surface area (Å²) < 4.78 is 7.00. The van der Waals surface area contributed by atoms with E-state index >= 15 is 0 Å². The highest BCUT2D eigenvalue weighted by Gasteiger charge is 2.32. The zero-order chi connectivity index (χ0) is 14.3. The Morgan fingerprint density at radius 2 is 2.20 bits per heavy atom. The summed E-state index contributed by atoms with van der Waals surface area (Å²) in [4.78, 5) is 26.5. The Bertz CT molecular complexity index is 671. The standard InChI is InChI=1S/C13H12N2O5/c16-12(17)7-3-4-15-8(6-7)10(13(18)19)14-11(15)9-2-1-5-20-9/h1-2,5,7H,3-4,6H2,(H,16,17)(H,18,19). The number of nitrogens with zero attached hydrogens (tertiary/aromatic N) is 2. The molecule has 0 saturated heterocycles. The van der Waals surface area contributed by atoms with Gasteiger partial charge in [-0.05, 0) is 18.6 Å². The summed E-state index contributed by atoms with van der Waals surface area (Å²) in [6.45, 7) is 0.419. The van der Waals surface area contributed by atoms with Crippen LogP contribution in [0.3, 0.4) is 0 Å². The second kappa shape index (κ2) is 4.52. The maximum absolute atomic E-state index is 11.3. The zero-order valence-electron chi connectivity index (χ0n) is 10.4. The Hall–Kier alpha value is -2.57. The number of carboxylic acids is 2. The predicted octanol–water partition coefficient (Wildman–Crippen LogP) is 1.49. The molecule has 1 unspecified atom stereocenters. The van der Waals surface area contributed by atoms with Gasteiger partial charge in [0.1, 0.15) is 0 Å². The second-order valence-corrected chi connectivity index (χ2v) is 4.69. The number of aliphatic carboxylic acids is 1. The van der Waals surface area contributed by atoms with E-state index in [1.54, 1.807) is 16.7 Å². The lowest BCUT2D eigenvalue weighted by Crippen LogP contribution is -2.26. The van der Waals surface area contributed by atoms with E-state index in [0.717, 1.165) is 0 Å². The Labute approximate surface area is 113 Å². The second-order valence-electron chi connectivity index (χ2n) is 4.69. The van der Waals surface area contributed by atoms with Crippen LogP contribution >= 0.6 is 0 Å². The third kappa shape index (κ3) is 1.87. The van der Waals surface area contributed by atoms with Gasteiger partial charge in [-0.15, -0.1) is 0 Å². The monoisotopic (exact) mass is 276 g/mol. The smallest absolute Gasteiger partial charge is 0.356 e. The first kappa shape index (κ1) is 12.5. The number of rotatable bonds is 3. The first-order chi connectivity index (χ1) is 9.58. The molecular formula is C13H12N2O5. The molecule has 3 rings (SSSR count). The highest BCUT2D eigenvalue weighted by molar-refractivity contribution is 5.88. The zero-order valence-corrected chi connectivity index (χ0v) is 10.4. The van der Waals surface area contributed by atoms with Gasteiger partial charge in [-0.3, -0.25) is 4.79 Å². The van der Waals surface area contributed by atoms with E-state index in [-0.39, 0.29) is 12.1 Å². The average molecular weight is 276 g/mol. The SMILES string of the molecule is O=C(O)c1nc(-c2ccco2)n2c1CC(C(=O)O)CC2. The van der Waals surface area contributed by atoms with Crippen molar-refractivity contribution in [3.8, 4) is 11.6 Å². The van der Waals surface area contributed by atoms with E-state index in [2.05, 4.69) is 4.98 Å². The Morgan fingerprint density at radius 3 is 2.80 bits per heavy atom. The molecule has 0 fully saturated rings. The van der Waals surface area contributed by atoms with Gasteiger partial charge in [-0.25, -0.2) is 9.78 Å². The van der Waals surface area contributed by atoms with Gasteiger partial charge >= 0.3 is 11.9 Å². The van der Waals surface area contributed by atoms with Crippen molar-refractivity contribution >= 4 is 11.9 Å². The molecule has 0 aromatic carbocycles. The van der Waals surface area contributed by atoms with Gasteiger partial charge in [0.15, 0.2) is 17.3 Å². The highest BCUT2D eigenvalue weighted by Crippen LogP contribution is 2.30. The molecule has 1 aliphatic rings. The van der Waals surface area contributed by atoms with Crippen molar-refractivity contribution in [2.24, 2.45) is 5.92 Å². The molecule has 0 spiro atoms. The molecule has 1 atom stereocenters. The van der Waals surface area contributed by atoms with Crippen LogP contribution in [0.1, 0.15) is 22.6 Å². The van der Waals surface area contributed by atoms with E-state index in [0.29, 0.717) is 30.2 Å². The molecule has 2 aromatic rings. The van der Waals surface area contributed by atoms with Gasteiger partial charge in [-0.2, -0.15) is 0 Å². The molecule has 0 bridgehead atoms. The number of carbonyl (C=O) groups is 2. The predicted molar refractivity (Wildman–Crippen MR) is 66.3 cm³/mol. The van der Waals surface area contributed by atoms with Crippen LogP contribution in [0.25, 0.3) is 11.6 Å². The summed E-state index contributed by atoms with van der Waals surface area (Å²) in [6.07, 6.45) is 2.11. The summed E-state index contributed by atoms with van der Waals surface area (Å²) in [7, 11) is 0. The molecule has 3 heterocycles. The lowest BCUT2D eigenvalue weighted by Gasteiger charge is -2.21. The Kier molecular flexibility index (Phi) is 2.81. The molecule has 20 heavy (non-hydrogen) atoms. The molecule has 0 radical (unpaired) electrons. The fraction of sp³-hybridized carbons (Fsp3) is 0.308. The van der Waals surface area contributed by atoms with Crippen molar-refractivity contribution in [2.75, 3.05) is 0 Å². The van der Waals surface area contributed by atoms with E-state index in [1.807, 2.05) is 0 Å². The Balaban J connectivity index is 2.11. The minimum absolute atomic E-state index is 0.0950. The van der Waals surface area contributed by atoms with Crippen molar-refractivity contribution in [2.45, 2.75) is 19.4 Å². The summed E-state index contributed by atoms with van der Waals surface area (Å²) >= 11 is 0. The van der Waals surface area contributed by atoms with Gasteiger partial charge in [0.05, 0.1) is 17.9 Å². The first-order valence-corrected chi connectivity index (χ1v) is 6.17. The number of hydrogen-bond acceptors (Lipinski definition) is 4. The average Bonchev–Trinajstić information content (AvgIpc) is 3.04. The molecule has 2 aromatic heterocycles. The molecule has 7 heteroatoms. The normalized spacial score (nSPS) is 17.7. The topological polar surface area (TPSA) is 106 Å². The van der Waals surface area contributed by atoms with Crippen molar-refractivity contribution < 1.29 is 24.2 Å². The summed E-state index contributed by atoms with van der Waals surface area (Å²) in [5.41, 5.74) is 0.352. The number of aromatic carboxylic acids is 1. The van der Waals surface area contributed by atoms with E-state index in [4.69, 9.17) is 9.52 Å². The quantitative estimate of drug-likeness (QED) is 0.879. The number of hydrogen-bond donors (Lipinski definition) is 2. The lowest BCUT2D eigenvalue weighted by atomic mass is 9.95. The minimum Gasteiger partial charge on any atom is -0.481 e. The van der Waals surface area contributed by atoms with Gasteiger partial charge in [0.2, 0.25) is 0 Å². The van der Waals surface area contributed by atoms with E-state index in [1.165, 1.54) is 6.26 Å². The van der Waals surface area contributed by atoms with Crippen molar-refractivity contribution in [3.63, 3.8) is 0 Å². The van der Waals surface area contributed by atoms with Crippen LogP contribution in [0.5, 0.6) is 0 Å². The van der Waals surface area contributed by atoms with Gasteiger partial charge in [-0.1, -0.05) is 0 Å². The molecule has 0 aliphatic carbocycles. The van der Waals surface area contributed by atoms with Crippen LogP contribution in [0, 0.1) is 5.92 Å². The minimum atomic E-state index is -1.16. The molecule has 2 N–H and O–H groups in total. The van der Waals surface area contributed by atoms with Crippen LogP contribution in [-0.2, 0) is 17.8 Å². The lowest BCUT2D eigenvalue weighted by molar-refractivity contribution is -0.142. The van der Waals surface area contributed by atoms with Crippen LogP contribution < -0.4 is 0 Å².